The Morgan fingerprint density at radius 3 is 2.25 bits per heavy atom. The number of methoxy groups -OCH3 is 1. The lowest BCUT2D eigenvalue weighted by atomic mass is 10.1. The maximum absolute atomic E-state index is 12.9. The normalized spacial score (nSPS) is 12.6. The molecule has 0 aliphatic rings. The van der Waals surface area contributed by atoms with Crippen LogP contribution in [0.15, 0.2) is 52.3 Å². The predicted molar refractivity (Wildman–Crippen MR) is 113 cm³/mol. The van der Waals surface area contributed by atoms with Gasteiger partial charge in [-0.3, -0.25) is 4.79 Å². The number of thioether (sulfide) groups is 1. The number of hydrogen-bond donors (Lipinski definition) is 2. The van der Waals surface area contributed by atoms with Crippen LogP contribution in [0.2, 0.25) is 0 Å². The Morgan fingerprint density at radius 2 is 1.71 bits per heavy atom. The first kappa shape index (κ1) is 22.3. The number of carbonyl (C=O) groups excluding carboxylic acids is 1. The van der Waals surface area contributed by atoms with E-state index < -0.39 is 16.1 Å². The Kier molecular flexibility index (Phi) is 7.51. The average molecular weight is 423 g/mol. The van der Waals surface area contributed by atoms with Crippen LogP contribution in [0.25, 0.3) is 0 Å². The van der Waals surface area contributed by atoms with Crippen LogP contribution in [0.3, 0.4) is 0 Å². The molecule has 2 N–H and O–H groups in total. The molecule has 0 heterocycles. The van der Waals surface area contributed by atoms with Crippen molar-refractivity contribution in [3.63, 3.8) is 0 Å². The fourth-order valence-electron chi connectivity index (χ4n) is 2.49. The van der Waals surface area contributed by atoms with Gasteiger partial charge < -0.3 is 10.1 Å². The minimum atomic E-state index is -3.77. The van der Waals surface area contributed by atoms with Gasteiger partial charge in [-0.1, -0.05) is 26.0 Å². The summed E-state index contributed by atoms with van der Waals surface area (Å²) in [6.07, 6.45) is 1.87. The Labute approximate surface area is 171 Å². The number of ether oxygens (including phenoxy) is 1. The zero-order valence-corrected chi connectivity index (χ0v) is 18.3. The van der Waals surface area contributed by atoms with Crippen LogP contribution in [0, 0.1) is 5.92 Å². The second-order valence-electron chi connectivity index (χ2n) is 6.62. The fourth-order valence-corrected chi connectivity index (χ4v) is 4.28. The molecule has 2 aromatic rings. The molecule has 0 saturated carbocycles. The molecule has 0 saturated heterocycles. The molecule has 1 atom stereocenters. The molecule has 152 valence electrons. The zero-order valence-electron chi connectivity index (χ0n) is 16.6. The Hall–Kier alpha value is -2.03. The summed E-state index contributed by atoms with van der Waals surface area (Å²) in [5.41, 5.74) is 1.31. The lowest BCUT2D eigenvalue weighted by molar-refractivity contribution is -0.118. The molecular weight excluding hydrogens is 396 g/mol. The van der Waals surface area contributed by atoms with Gasteiger partial charge >= 0.3 is 0 Å². The number of benzene rings is 2. The van der Waals surface area contributed by atoms with Crippen molar-refractivity contribution in [2.45, 2.75) is 36.6 Å². The number of hydrogen-bond acceptors (Lipinski definition) is 5. The zero-order chi connectivity index (χ0) is 20.9. The highest BCUT2D eigenvalue weighted by Gasteiger charge is 2.21. The van der Waals surface area contributed by atoms with Gasteiger partial charge in [0, 0.05) is 16.9 Å². The van der Waals surface area contributed by atoms with E-state index in [1.807, 2.05) is 18.4 Å². The third-order valence-corrected chi connectivity index (χ3v) is 6.55. The highest BCUT2D eigenvalue weighted by molar-refractivity contribution is 7.98. The molecule has 28 heavy (non-hydrogen) atoms. The summed E-state index contributed by atoms with van der Waals surface area (Å²) in [6.45, 7) is 5.34. The number of sulfonamides is 1. The first-order valence-electron chi connectivity index (χ1n) is 8.83. The van der Waals surface area contributed by atoms with E-state index in [1.54, 1.807) is 52.1 Å². The third kappa shape index (κ3) is 5.50. The summed E-state index contributed by atoms with van der Waals surface area (Å²) >= 11 is 1.44. The Bertz CT molecular complexity index is 926. The second-order valence-corrected chi connectivity index (χ2v) is 9.18. The molecule has 0 aliphatic carbocycles. The Balaban J connectivity index is 2.27. The molecule has 2 aromatic carbocycles. The van der Waals surface area contributed by atoms with Gasteiger partial charge in [0.25, 0.3) is 0 Å². The minimum absolute atomic E-state index is 0.102. The van der Waals surface area contributed by atoms with Gasteiger partial charge in [0.15, 0.2) is 0 Å². The molecule has 0 fully saturated rings. The van der Waals surface area contributed by atoms with Crippen molar-refractivity contribution in [2.75, 3.05) is 18.7 Å². The maximum Gasteiger partial charge on any atom is 0.241 e. The van der Waals surface area contributed by atoms with Gasteiger partial charge in [0.2, 0.25) is 15.9 Å². The number of amides is 1. The topological polar surface area (TPSA) is 84.5 Å². The van der Waals surface area contributed by atoms with Crippen LogP contribution in [0.4, 0.5) is 5.69 Å². The molecular formula is C20H26N2O4S2. The van der Waals surface area contributed by atoms with E-state index in [4.69, 9.17) is 4.74 Å². The van der Waals surface area contributed by atoms with E-state index in [1.165, 1.54) is 17.8 Å². The molecule has 0 aromatic heterocycles. The van der Waals surface area contributed by atoms with Gasteiger partial charge in [-0.25, -0.2) is 13.1 Å². The van der Waals surface area contributed by atoms with Crippen LogP contribution >= 0.6 is 11.8 Å². The molecule has 2 rings (SSSR count). The molecule has 0 bridgehead atoms. The van der Waals surface area contributed by atoms with Crippen LogP contribution in [0.5, 0.6) is 5.75 Å². The molecule has 1 amide bonds. The molecule has 8 heteroatoms. The number of carbonyl (C=O) groups is 1. The smallest absolute Gasteiger partial charge is 0.241 e. The van der Waals surface area contributed by atoms with E-state index in [9.17, 15) is 13.2 Å². The Morgan fingerprint density at radius 1 is 1.07 bits per heavy atom. The fraction of sp³-hybridized carbons (Fsp3) is 0.350. The van der Waals surface area contributed by atoms with Crippen molar-refractivity contribution in [1.29, 1.82) is 0 Å². The molecule has 1 unspecified atom stereocenters. The molecule has 0 spiro atoms. The largest absolute Gasteiger partial charge is 0.497 e. The van der Waals surface area contributed by atoms with E-state index in [0.717, 1.165) is 10.5 Å². The quantitative estimate of drug-likeness (QED) is 0.627. The number of rotatable bonds is 8. The summed E-state index contributed by atoms with van der Waals surface area (Å²) in [5, 5.41) is 2.81. The molecule has 0 aliphatic heterocycles. The first-order chi connectivity index (χ1) is 13.2. The summed E-state index contributed by atoms with van der Waals surface area (Å²) in [7, 11) is -2.19. The molecule has 0 radical (unpaired) electrons. The van der Waals surface area contributed by atoms with Gasteiger partial charge in [-0.15, -0.1) is 11.8 Å². The minimum Gasteiger partial charge on any atom is -0.497 e. The number of anilines is 1. The predicted octanol–water partition coefficient (Wildman–Crippen LogP) is 4.05. The average Bonchev–Trinajstić information content (AvgIpc) is 2.67. The van der Waals surface area contributed by atoms with E-state index >= 15 is 0 Å². The van der Waals surface area contributed by atoms with E-state index in [-0.39, 0.29) is 16.7 Å². The van der Waals surface area contributed by atoms with Crippen molar-refractivity contribution in [2.24, 2.45) is 5.92 Å². The van der Waals surface area contributed by atoms with Gasteiger partial charge in [-0.2, -0.15) is 0 Å². The standard InChI is InChI=1S/C20H26N2O4S2/c1-13(2)20(23)21-18-12-17(10-11-19(18)27-5)28(24,25)22-14(3)15-6-8-16(26-4)9-7-15/h6-14,22H,1-5H3,(H,21,23). The summed E-state index contributed by atoms with van der Waals surface area (Å²) in [6, 6.07) is 11.5. The van der Waals surface area contributed by atoms with Gasteiger partial charge in [-0.05, 0) is 49.1 Å². The summed E-state index contributed by atoms with van der Waals surface area (Å²) in [5.74, 6) is 0.338. The first-order valence-corrected chi connectivity index (χ1v) is 11.5. The second kappa shape index (κ2) is 9.45. The van der Waals surface area contributed by atoms with Crippen LogP contribution in [0.1, 0.15) is 32.4 Å². The van der Waals surface area contributed by atoms with Gasteiger partial charge in [0.1, 0.15) is 5.75 Å². The highest BCUT2D eigenvalue weighted by atomic mass is 32.2. The van der Waals surface area contributed by atoms with Crippen LogP contribution < -0.4 is 14.8 Å². The number of nitrogens with one attached hydrogen (secondary N) is 2. The lowest BCUT2D eigenvalue weighted by Crippen LogP contribution is -2.27. The SMILES string of the molecule is COc1ccc(C(C)NS(=O)(=O)c2ccc(SC)c(NC(=O)C(C)C)c2)cc1. The highest BCUT2D eigenvalue weighted by Crippen LogP contribution is 2.29. The van der Waals surface area contributed by atoms with Crippen molar-refractivity contribution in [3.05, 3.63) is 48.0 Å². The van der Waals surface area contributed by atoms with E-state index in [0.29, 0.717) is 11.4 Å². The van der Waals surface area contributed by atoms with Crippen LogP contribution in [-0.2, 0) is 14.8 Å². The van der Waals surface area contributed by atoms with Crippen molar-refractivity contribution >= 4 is 33.4 Å². The van der Waals surface area contributed by atoms with Crippen molar-refractivity contribution in [3.8, 4) is 5.75 Å². The summed E-state index contributed by atoms with van der Waals surface area (Å²) in [4.78, 5) is 13.0. The molecule has 6 nitrogen and oxygen atoms in total. The van der Waals surface area contributed by atoms with E-state index in [2.05, 4.69) is 10.0 Å². The van der Waals surface area contributed by atoms with Crippen molar-refractivity contribution < 1.29 is 17.9 Å². The maximum atomic E-state index is 12.9. The lowest BCUT2D eigenvalue weighted by Gasteiger charge is -2.17. The third-order valence-electron chi connectivity index (χ3n) is 4.21. The monoisotopic (exact) mass is 422 g/mol. The van der Waals surface area contributed by atoms with Crippen LogP contribution in [-0.4, -0.2) is 27.7 Å². The summed E-state index contributed by atoms with van der Waals surface area (Å²) < 4.78 is 33.5. The van der Waals surface area contributed by atoms with Crippen molar-refractivity contribution in [1.82, 2.24) is 4.72 Å². The van der Waals surface area contributed by atoms with Gasteiger partial charge in [0.05, 0.1) is 17.7 Å².